The Labute approximate surface area is 196 Å². The SMILES string of the molecule is COc1cc2oc3c(c(=O)c2c(O)c1/C=C/C(C)C)CC(C(C)(C)OO)Oc1cc(O)ccc1-3. The molecule has 0 aliphatic carbocycles. The molecule has 34 heavy (non-hydrogen) atoms. The van der Waals surface area contributed by atoms with Crippen LogP contribution in [0.15, 0.2) is 39.6 Å². The average Bonchev–Trinajstić information content (AvgIpc) is 2.95. The quantitative estimate of drug-likeness (QED) is 0.349. The van der Waals surface area contributed by atoms with Crippen molar-refractivity contribution >= 4 is 17.0 Å². The van der Waals surface area contributed by atoms with Gasteiger partial charge >= 0.3 is 0 Å². The summed E-state index contributed by atoms with van der Waals surface area (Å²) in [5.74, 6) is 0.809. The molecule has 1 aliphatic heterocycles. The molecule has 0 saturated carbocycles. The minimum atomic E-state index is -1.20. The van der Waals surface area contributed by atoms with Gasteiger partial charge in [0, 0.05) is 24.1 Å². The maximum Gasteiger partial charge on any atom is 0.200 e. The summed E-state index contributed by atoms with van der Waals surface area (Å²) in [5, 5.41) is 30.6. The normalized spacial score (nSPS) is 15.8. The van der Waals surface area contributed by atoms with Crippen LogP contribution in [0.4, 0.5) is 0 Å². The van der Waals surface area contributed by atoms with Gasteiger partial charge in [0.05, 0.1) is 18.2 Å². The second-order valence-corrected chi connectivity index (χ2v) is 9.24. The first kappa shape index (κ1) is 23.7. The molecule has 1 aliphatic rings. The van der Waals surface area contributed by atoms with Crippen molar-refractivity contribution in [3.05, 3.63) is 51.7 Å². The van der Waals surface area contributed by atoms with Gasteiger partial charge in [0.25, 0.3) is 0 Å². The second-order valence-electron chi connectivity index (χ2n) is 9.24. The fourth-order valence-corrected chi connectivity index (χ4v) is 4.01. The van der Waals surface area contributed by atoms with Gasteiger partial charge in [0.2, 0.25) is 0 Å². The third-order valence-electron chi connectivity index (χ3n) is 6.00. The summed E-state index contributed by atoms with van der Waals surface area (Å²) >= 11 is 0. The zero-order valence-electron chi connectivity index (χ0n) is 19.7. The largest absolute Gasteiger partial charge is 0.508 e. The van der Waals surface area contributed by atoms with Crippen LogP contribution < -0.4 is 14.9 Å². The number of allylic oxidation sites excluding steroid dienone is 1. The van der Waals surface area contributed by atoms with E-state index < -0.39 is 17.1 Å². The summed E-state index contributed by atoms with van der Waals surface area (Å²) < 4.78 is 17.7. The minimum Gasteiger partial charge on any atom is -0.508 e. The maximum atomic E-state index is 13.8. The highest BCUT2D eigenvalue weighted by Gasteiger charge is 2.39. The van der Waals surface area contributed by atoms with E-state index in [1.165, 1.54) is 19.2 Å². The highest BCUT2D eigenvalue weighted by molar-refractivity contribution is 5.92. The number of aromatic hydroxyl groups is 2. The Kier molecular flexibility index (Phi) is 6.05. The van der Waals surface area contributed by atoms with Crippen LogP contribution in [-0.4, -0.2) is 34.3 Å². The van der Waals surface area contributed by atoms with Crippen LogP contribution in [0, 0.1) is 5.92 Å². The molecule has 3 N–H and O–H groups in total. The van der Waals surface area contributed by atoms with E-state index >= 15 is 0 Å². The van der Waals surface area contributed by atoms with E-state index in [4.69, 9.17) is 13.9 Å². The van der Waals surface area contributed by atoms with E-state index in [0.717, 1.165) is 0 Å². The Morgan fingerprint density at radius 2 is 1.94 bits per heavy atom. The molecule has 8 nitrogen and oxygen atoms in total. The first-order chi connectivity index (χ1) is 16.1. The maximum absolute atomic E-state index is 13.8. The molecule has 1 aromatic heterocycles. The molecule has 0 radical (unpaired) electrons. The van der Waals surface area contributed by atoms with E-state index in [0.29, 0.717) is 16.9 Å². The van der Waals surface area contributed by atoms with Crippen LogP contribution in [0.5, 0.6) is 23.0 Å². The van der Waals surface area contributed by atoms with Gasteiger partial charge < -0.3 is 24.1 Å². The van der Waals surface area contributed by atoms with Gasteiger partial charge in [-0.1, -0.05) is 26.0 Å². The van der Waals surface area contributed by atoms with Crippen molar-refractivity contribution in [3.8, 4) is 34.3 Å². The predicted octanol–water partition coefficient (Wildman–Crippen LogP) is 5.12. The van der Waals surface area contributed by atoms with Crippen molar-refractivity contribution in [1.82, 2.24) is 0 Å². The Morgan fingerprint density at radius 1 is 1.21 bits per heavy atom. The van der Waals surface area contributed by atoms with Gasteiger partial charge in [-0.3, -0.25) is 10.1 Å². The lowest BCUT2D eigenvalue weighted by atomic mass is 9.93. The molecule has 0 spiro atoms. The highest BCUT2D eigenvalue weighted by atomic mass is 17.1. The number of methoxy groups -OCH3 is 1. The molecule has 4 rings (SSSR count). The van der Waals surface area contributed by atoms with E-state index in [-0.39, 0.29) is 51.9 Å². The van der Waals surface area contributed by atoms with Crippen LogP contribution in [0.2, 0.25) is 0 Å². The van der Waals surface area contributed by atoms with Crippen LogP contribution in [0.3, 0.4) is 0 Å². The molecule has 0 bridgehead atoms. The van der Waals surface area contributed by atoms with Gasteiger partial charge in [-0.25, -0.2) is 4.89 Å². The van der Waals surface area contributed by atoms with E-state index in [1.807, 2.05) is 19.9 Å². The highest BCUT2D eigenvalue weighted by Crippen LogP contribution is 2.43. The molecule has 2 aromatic carbocycles. The van der Waals surface area contributed by atoms with Gasteiger partial charge in [-0.05, 0) is 31.9 Å². The van der Waals surface area contributed by atoms with Gasteiger partial charge in [-0.15, -0.1) is 0 Å². The van der Waals surface area contributed by atoms with Gasteiger partial charge in [-0.2, -0.15) is 0 Å². The summed E-state index contributed by atoms with van der Waals surface area (Å²) in [6.45, 7) is 7.22. The van der Waals surface area contributed by atoms with Crippen LogP contribution in [0.1, 0.15) is 38.8 Å². The Hall–Kier alpha value is -3.49. The third-order valence-corrected chi connectivity index (χ3v) is 6.00. The summed E-state index contributed by atoms with van der Waals surface area (Å²) in [5.41, 5.74) is -0.397. The third kappa shape index (κ3) is 3.99. The molecule has 0 amide bonds. The molecule has 0 fully saturated rings. The lowest BCUT2D eigenvalue weighted by molar-refractivity contribution is -0.330. The second kappa shape index (κ2) is 8.70. The standard InChI is InChI=1S/C26H28O8/c1-13(2)6-8-15-18(31-5)12-20-22(23(15)28)24(29)17-11-21(26(3,4)34-30)32-19-10-14(27)7-9-16(19)25(17)33-20/h6-10,12-13,21,27-28,30H,11H2,1-5H3/b8-6+. The zero-order chi connectivity index (χ0) is 24.8. The Bertz CT molecular complexity index is 1330. The van der Waals surface area contributed by atoms with Gasteiger partial charge in [0.1, 0.15) is 51.4 Å². The van der Waals surface area contributed by atoms with E-state index in [2.05, 4.69) is 4.89 Å². The van der Waals surface area contributed by atoms with Crippen molar-refractivity contribution < 1.29 is 34.2 Å². The predicted molar refractivity (Wildman–Crippen MR) is 128 cm³/mol. The van der Waals surface area contributed by atoms with E-state index in [9.17, 15) is 20.3 Å². The van der Waals surface area contributed by atoms with Gasteiger partial charge in [0.15, 0.2) is 5.43 Å². The molecule has 3 aromatic rings. The van der Waals surface area contributed by atoms with Crippen molar-refractivity contribution in [2.24, 2.45) is 5.92 Å². The monoisotopic (exact) mass is 468 g/mol. The smallest absolute Gasteiger partial charge is 0.200 e. The number of rotatable bonds is 5. The number of phenolic OH excluding ortho intramolecular Hbond substituents is 2. The van der Waals surface area contributed by atoms with Crippen molar-refractivity contribution in [2.75, 3.05) is 7.11 Å². The molecule has 1 unspecified atom stereocenters. The molecule has 1 atom stereocenters. The Balaban J connectivity index is 2.06. The first-order valence-corrected chi connectivity index (χ1v) is 11.0. The number of ether oxygens (including phenoxy) is 2. The number of hydrogen-bond donors (Lipinski definition) is 3. The first-order valence-electron chi connectivity index (χ1n) is 11.0. The summed E-state index contributed by atoms with van der Waals surface area (Å²) in [4.78, 5) is 18.4. The number of benzene rings is 2. The molecular formula is C26H28O8. The Morgan fingerprint density at radius 3 is 2.59 bits per heavy atom. The van der Waals surface area contributed by atoms with Crippen molar-refractivity contribution in [3.63, 3.8) is 0 Å². The molecular weight excluding hydrogens is 440 g/mol. The van der Waals surface area contributed by atoms with Crippen molar-refractivity contribution in [2.45, 2.75) is 45.8 Å². The number of fused-ring (bicyclic) bond motifs is 4. The lowest BCUT2D eigenvalue weighted by Crippen LogP contribution is -2.44. The molecule has 8 heteroatoms. The molecule has 2 heterocycles. The van der Waals surface area contributed by atoms with Crippen LogP contribution in [-0.2, 0) is 11.3 Å². The topological polar surface area (TPSA) is 119 Å². The van der Waals surface area contributed by atoms with Crippen LogP contribution >= 0.6 is 0 Å². The van der Waals surface area contributed by atoms with E-state index in [1.54, 1.807) is 32.1 Å². The summed E-state index contributed by atoms with van der Waals surface area (Å²) in [7, 11) is 1.47. The average molecular weight is 469 g/mol. The van der Waals surface area contributed by atoms with Crippen LogP contribution in [0.25, 0.3) is 28.4 Å². The zero-order valence-corrected chi connectivity index (χ0v) is 19.7. The van der Waals surface area contributed by atoms with Crippen molar-refractivity contribution in [1.29, 1.82) is 0 Å². The number of hydrogen-bond acceptors (Lipinski definition) is 8. The summed E-state index contributed by atoms with van der Waals surface area (Å²) in [6, 6.07) is 6.03. The fourth-order valence-electron chi connectivity index (χ4n) is 4.01. The lowest BCUT2D eigenvalue weighted by Gasteiger charge is -2.30. The minimum absolute atomic E-state index is 0.0201. The molecule has 180 valence electrons. The summed E-state index contributed by atoms with van der Waals surface area (Å²) in [6.07, 6.45) is 2.83. The number of phenols is 2. The fraction of sp³-hybridized carbons (Fsp3) is 0.346. The molecule has 0 saturated heterocycles.